The Balaban J connectivity index is 2.13. The molecule has 0 heterocycles. The molecule has 0 radical (unpaired) electrons. The van der Waals surface area contributed by atoms with Gasteiger partial charge in [0.15, 0.2) is 0 Å². The Kier molecular flexibility index (Phi) is 4.58. The lowest BCUT2D eigenvalue weighted by atomic mass is 10.1. The highest BCUT2D eigenvalue weighted by molar-refractivity contribution is 5.36. The minimum Gasteiger partial charge on any atom is -0.497 e. The van der Waals surface area contributed by atoms with Gasteiger partial charge in [0.25, 0.3) is 0 Å². The van der Waals surface area contributed by atoms with E-state index < -0.39 is 0 Å². The number of nitrogens with two attached hydrogens (primary N) is 1. The second kappa shape index (κ2) is 6.39. The molecule has 2 N–H and O–H groups in total. The van der Waals surface area contributed by atoms with Crippen molar-refractivity contribution >= 4 is 0 Å². The van der Waals surface area contributed by atoms with Crippen molar-refractivity contribution in [1.29, 1.82) is 0 Å². The summed E-state index contributed by atoms with van der Waals surface area (Å²) in [5.74, 6) is 0.822. The molecule has 2 aromatic carbocycles. The molecule has 0 fully saturated rings. The highest BCUT2D eigenvalue weighted by Gasteiger charge is 2.09. The number of methoxy groups -OCH3 is 1. The molecule has 0 amide bonds. The van der Waals surface area contributed by atoms with Gasteiger partial charge in [0.1, 0.15) is 23.9 Å². The van der Waals surface area contributed by atoms with Crippen LogP contribution >= 0.6 is 0 Å². The van der Waals surface area contributed by atoms with Gasteiger partial charge in [-0.15, -0.1) is 0 Å². The molecule has 0 aromatic heterocycles. The summed E-state index contributed by atoms with van der Waals surface area (Å²) in [5.41, 5.74) is 7.26. The van der Waals surface area contributed by atoms with E-state index in [1.807, 2.05) is 31.2 Å². The van der Waals surface area contributed by atoms with Crippen LogP contribution in [0.25, 0.3) is 0 Å². The number of ether oxygens (including phenoxy) is 2. The summed E-state index contributed by atoms with van der Waals surface area (Å²) in [4.78, 5) is 0. The summed E-state index contributed by atoms with van der Waals surface area (Å²) in [6.45, 7) is 2.04. The maximum absolute atomic E-state index is 13.8. The van der Waals surface area contributed by atoms with Crippen LogP contribution in [-0.2, 0) is 6.61 Å². The van der Waals surface area contributed by atoms with Crippen molar-refractivity contribution in [2.24, 2.45) is 5.73 Å². The monoisotopic (exact) mass is 275 g/mol. The van der Waals surface area contributed by atoms with Crippen LogP contribution in [0, 0.1) is 5.82 Å². The summed E-state index contributed by atoms with van der Waals surface area (Å²) in [6, 6.07) is 12.1. The first kappa shape index (κ1) is 14.3. The molecule has 0 bridgehead atoms. The molecule has 4 heteroatoms. The van der Waals surface area contributed by atoms with Gasteiger partial charge in [-0.3, -0.25) is 0 Å². The number of hydrogen-bond acceptors (Lipinski definition) is 3. The Bertz CT molecular complexity index is 584. The summed E-state index contributed by atoms with van der Waals surface area (Å²) < 4.78 is 24.5. The molecule has 1 atom stereocenters. The van der Waals surface area contributed by atoms with Gasteiger partial charge in [-0.2, -0.15) is 0 Å². The third-order valence-electron chi connectivity index (χ3n) is 3.05. The van der Waals surface area contributed by atoms with Gasteiger partial charge in [0.2, 0.25) is 0 Å². The maximum Gasteiger partial charge on any atom is 0.133 e. The van der Waals surface area contributed by atoms with Crippen molar-refractivity contribution in [1.82, 2.24) is 0 Å². The van der Waals surface area contributed by atoms with E-state index in [4.69, 9.17) is 15.2 Å². The quantitative estimate of drug-likeness (QED) is 0.909. The predicted octanol–water partition coefficient (Wildman–Crippen LogP) is 3.43. The fraction of sp³-hybridized carbons (Fsp3) is 0.250. The van der Waals surface area contributed by atoms with Crippen molar-refractivity contribution in [2.75, 3.05) is 7.11 Å². The molecular weight excluding hydrogens is 257 g/mol. The summed E-state index contributed by atoms with van der Waals surface area (Å²) in [6.07, 6.45) is 0. The second-order valence-corrected chi connectivity index (χ2v) is 4.57. The minimum atomic E-state index is -0.345. The van der Waals surface area contributed by atoms with Gasteiger partial charge in [-0.1, -0.05) is 18.2 Å². The number of benzene rings is 2. The smallest absolute Gasteiger partial charge is 0.133 e. The average Bonchev–Trinajstić information content (AvgIpc) is 2.46. The lowest BCUT2D eigenvalue weighted by Gasteiger charge is -2.14. The summed E-state index contributed by atoms with van der Waals surface area (Å²) in [5, 5.41) is 0. The maximum atomic E-state index is 13.8. The highest BCUT2D eigenvalue weighted by Crippen LogP contribution is 2.25. The second-order valence-electron chi connectivity index (χ2n) is 4.57. The van der Waals surface area contributed by atoms with E-state index in [0.717, 1.165) is 5.56 Å². The standard InChI is InChI=1S/C16H18FNO2/c1-11(18)14-5-3-4-6-16(14)20-10-12-7-8-13(19-2)9-15(12)17/h3-9,11H,10,18H2,1-2H3/t11-/m0/s1. The van der Waals surface area contributed by atoms with E-state index in [1.165, 1.54) is 13.2 Å². The van der Waals surface area contributed by atoms with Crippen molar-refractivity contribution in [3.63, 3.8) is 0 Å². The van der Waals surface area contributed by atoms with Crippen LogP contribution in [0.2, 0.25) is 0 Å². The zero-order valence-corrected chi connectivity index (χ0v) is 11.6. The molecule has 0 saturated carbocycles. The van der Waals surface area contributed by atoms with Gasteiger partial charge >= 0.3 is 0 Å². The summed E-state index contributed by atoms with van der Waals surface area (Å²) >= 11 is 0. The van der Waals surface area contributed by atoms with E-state index in [-0.39, 0.29) is 18.5 Å². The van der Waals surface area contributed by atoms with Gasteiger partial charge in [-0.05, 0) is 25.1 Å². The first-order valence-corrected chi connectivity index (χ1v) is 6.41. The molecule has 2 rings (SSSR count). The highest BCUT2D eigenvalue weighted by atomic mass is 19.1. The third-order valence-corrected chi connectivity index (χ3v) is 3.05. The normalized spacial score (nSPS) is 12.0. The molecule has 0 saturated heterocycles. The lowest BCUT2D eigenvalue weighted by Crippen LogP contribution is -2.08. The van der Waals surface area contributed by atoms with Crippen molar-refractivity contribution in [3.05, 3.63) is 59.4 Å². The number of rotatable bonds is 5. The molecule has 0 aliphatic carbocycles. The van der Waals surface area contributed by atoms with Crippen LogP contribution in [0.15, 0.2) is 42.5 Å². The Hall–Kier alpha value is -2.07. The van der Waals surface area contributed by atoms with E-state index in [0.29, 0.717) is 17.1 Å². The molecule has 106 valence electrons. The topological polar surface area (TPSA) is 44.5 Å². The number of hydrogen-bond donors (Lipinski definition) is 1. The number of para-hydroxylation sites is 1. The Morgan fingerprint density at radius 1 is 1.20 bits per heavy atom. The molecule has 0 unspecified atom stereocenters. The Morgan fingerprint density at radius 3 is 2.60 bits per heavy atom. The van der Waals surface area contributed by atoms with Crippen LogP contribution in [0.4, 0.5) is 4.39 Å². The van der Waals surface area contributed by atoms with Crippen LogP contribution < -0.4 is 15.2 Å². The lowest BCUT2D eigenvalue weighted by molar-refractivity contribution is 0.295. The van der Waals surface area contributed by atoms with E-state index >= 15 is 0 Å². The van der Waals surface area contributed by atoms with Gasteiger partial charge in [-0.25, -0.2) is 4.39 Å². The molecular formula is C16H18FNO2. The third kappa shape index (κ3) is 3.27. The molecule has 20 heavy (non-hydrogen) atoms. The molecule has 2 aromatic rings. The van der Waals surface area contributed by atoms with E-state index in [1.54, 1.807) is 12.1 Å². The van der Waals surface area contributed by atoms with Gasteiger partial charge in [0, 0.05) is 23.2 Å². The fourth-order valence-electron chi connectivity index (χ4n) is 1.92. The predicted molar refractivity (Wildman–Crippen MR) is 76.3 cm³/mol. The zero-order chi connectivity index (χ0) is 14.5. The van der Waals surface area contributed by atoms with E-state index in [2.05, 4.69) is 0 Å². The largest absolute Gasteiger partial charge is 0.497 e. The zero-order valence-electron chi connectivity index (χ0n) is 11.6. The molecule has 3 nitrogen and oxygen atoms in total. The number of halogens is 1. The Morgan fingerprint density at radius 2 is 1.95 bits per heavy atom. The van der Waals surface area contributed by atoms with Crippen molar-refractivity contribution < 1.29 is 13.9 Å². The van der Waals surface area contributed by atoms with Gasteiger partial charge in [0.05, 0.1) is 7.11 Å². The molecule has 0 spiro atoms. The summed E-state index contributed by atoms with van der Waals surface area (Å²) in [7, 11) is 1.50. The van der Waals surface area contributed by atoms with Crippen LogP contribution in [0.3, 0.4) is 0 Å². The van der Waals surface area contributed by atoms with E-state index in [9.17, 15) is 4.39 Å². The SMILES string of the molecule is COc1ccc(COc2ccccc2[C@H](C)N)c(F)c1. The average molecular weight is 275 g/mol. The van der Waals surface area contributed by atoms with Crippen molar-refractivity contribution in [3.8, 4) is 11.5 Å². The van der Waals surface area contributed by atoms with Crippen LogP contribution in [0.1, 0.15) is 24.1 Å². The molecule has 0 aliphatic heterocycles. The Labute approximate surface area is 118 Å². The minimum absolute atomic E-state index is 0.132. The van der Waals surface area contributed by atoms with Gasteiger partial charge < -0.3 is 15.2 Å². The van der Waals surface area contributed by atoms with Crippen LogP contribution in [0.5, 0.6) is 11.5 Å². The van der Waals surface area contributed by atoms with Crippen molar-refractivity contribution in [2.45, 2.75) is 19.6 Å². The fourth-order valence-corrected chi connectivity index (χ4v) is 1.92. The first-order valence-electron chi connectivity index (χ1n) is 6.41. The van der Waals surface area contributed by atoms with Crippen LogP contribution in [-0.4, -0.2) is 7.11 Å². The first-order chi connectivity index (χ1) is 9.61. The molecule has 0 aliphatic rings.